The molecule has 0 unspecified atom stereocenters. The average Bonchev–Trinajstić information content (AvgIpc) is 2.51. The second kappa shape index (κ2) is 8.44. The van der Waals surface area contributed by atoms with Gasteiger partial charge < -0.3 is 20.3 Å². The zero-order chi connectivity index (χ0) is 21.9. The number of piperidine rings is 1. The van der Waals surface area contributed by atoms with Crippen molar-refractivity contribution < 1.29 is 33.8 Å². The van der Waals surface area contributed by atoms with Crippen LogP contribution in [0.3, 0.4) is 0 Å². The molecule has 0 aromatic rings. The standard InChI is InChI=1S/C18H31N3O7/c1-16(2,3)27-14(25)18(13(23)24)9-11(7-8-20-18)21(12(22)10-19)15(26)28-17(4,5)6/h11,20H,7-10,19H2,1-6H3,(H,23,24)/t11-,18-/m1/s1. The van der Waals surface area contributed by atoms with E-state index in [9.17, 15) is 24.3 Å². The predicted molar refractivity (Wildman–Crippen MR) is 99.4 cm³/mol. The summed E-state index contributed by atoms with van der Waals surface area (Å²) in [5, 5.41) is 12.5. The first-order valence-corrected chi connectivity index (χ1v) is 9.10. The molecule has 10 nitrogen and oxygen atoms in total. The number of nitrogens with two attached hydrogens (primary N) is 1. The van der Waals surface area contributed by atoms with Gasteiger partial charge in [-0.15, -0.1) is 0 Å². The minimum Gasteiger partial charge on any atom is -0.479 e. The van der Waals surface area contributed by atoms with Gasteiger partial charge in [0.1, 0.15) is 11.2 Å². The number of nitrogens with zero attached hydrogens (tertiary/aromatic N) is 1. The van der Waals surface area contributed by atoms with Crippen LogP contribution in [0, 0.1) is 0 Å². The molecule has 0 aromatic carbocycles. The summed E-state index contributed by atoms with van der Waals surface area (Å²) in [5.41, 5.74) is 1.56. The third-order valence-corrected chi connectivity index (χ3v) is 3.96. The van der Waals surface area contributed by atoms with Crippen LogP contribution in [-0.4, -0.2) is 69.8 Å². The van der Waals surface area contributed by atoms with Crippen molar-refractivity contribution >= 4 is 23.9 Å². The van der Waals surface area contributed by atoms with Gasteiger partial charge >= 0.3 is 18.0 Å². The first kappa shape index (κ1) is 23.8. The molecule has 2 amide bonds. The highest BCUT2D eigenvalue weighted by Gasteiger charge is 2.54. The Hall–Kier alpha value is -2.20. The van der Waals surface area contributed by atoms with Crippen molar-refractivity contribution in [3.05, 3.63) is 0 Å². The molecular weight excluding hydrogens is 370 g/mol. The van der Waals surface area contributed by atoms with Gasteiger partial charge in [-0.1, -0.05) is 0 Å². The van der Waals surface area contributed by atoms with Crippen LogP contribution in [0.25, 0.3) is 0 Å². The number of carbonyl (C=O) groups excluding carboxylic acids is 3. The van der Waals surface area contributed by atoms with Crippen molar-refractivity contribution in [2.24, 2.45) is 5.73 Å². The van der Waals surface area contributed by atoms with Crippen molar-refractivity contribution in [1.82, 2.24) is 10.2 Å². The van der Waals surface area contributed by atoms with Crippen molar-refractivity contribution in [2.75, 3.05) is 13.1 Å². The monoisotopic (exact) mass is 401 g/mol. The van der Waals surface area contributed by atoms with E-state index in [-0.39, 0.29) is 19.4 Å². The van der Waals surface area contributed by atoms with Crippen LogP contribution in [0.1, 0.15) is 54.4 Å². The largest absolute Gasteiger partial charge is 0.479 e. The highest BCUT2D eigenvalue weighted by molar-refractivity contribution is 6.04. The second-order valence-corrected chi connectivity index (χ2v) is 8.73. The Balaban J connectivity index is 3.23. The Kier molecular flexibility index (Phi) is 7.18. The zero-order valence-electron chi connectivity index (χ0n) is 17.3. The molecule has 0 spiro atoms. The van der Waals surface area contributed by atoms with E-state index in [0.29, 0.717) is 0 Å². The van der Waals surface area contributed by atoms with Crippen LogP contribution in [-0.2, 0) is 23.9 Å². The van der Waals surface area contributed by atoms with Gasteiger partial charge in [0.25, 0.3) is 0 Å². The number of hydrogen-bond donors (Lipinski definition) is 3. The Labute approximate surface area is 164 Å². The number of carboxylic acids is 1. The van der Waals surface area contributed by atoms with Crippen molar-refractivity contribution in [3.8, 4) is 0 Å². The number of imide groups is 1. The van der Waals surface area contributed by atoms with Gasteiger partial charge in [0.2, 0.25) is 11.4 Å². The summed E-state index contributed by atoms with van der Waals surface area (Å²) < 4.78 is 10.5. The van der Waals surface area contributed by atoms with Crippen molar-refractivity contribution in [3.63, 3.8) is 0 Å². The molecule has 0 aliphatic carbocycles. The number of amides is 2. The molecule has 1 aliphatic heterocycles. The Morgan fingerprint density at radius 1 is 1.11 bits per heavy atom. The normalized spacial score (nSPS) is 22.9. The highest BCUT2D eigenvalue weighted by atomic mass is 16.6. The molecule has 10 heteroatoms. The lowest BCUT2D eigenvalue weighted by atomic mass is 9.84. The molecule has 1 saturated heterocycles. The second-order valence-electron chi connectivity index (χ2n) is 8.73. The van der Waals surface area contributed by atoms with E-state index < -0.39 is 53.3 Å². The topological polar surface area (TPSA) is 148 Å². The number of ether oxygens (including phenoxy) is 2. The Bertz CT molecular complexity index is 636. The van der Waals surface area contributed by atoms with Gasteiger partial charge in [-0.25, -0.2) is 19.3 Å². The zero-order valence-corrected chi connectivity index (χ0v) is 17.3. The van der Waals surface area contributed by atoms with E-state index in [1.54, 1.807) is 41.5 Å². The Morgan fingerprint density at radius 2 is 1.64 bits per heavy atom. The third kappa shape index (κ3) is 5.90. The van der Waals surface area contributed by atoms with E-state index in [2.05, 4.69) is 5.32 Å². The summed E-state index contributed by atoms with van der Waals surface area (Å²) in [4.78, 5) is 50.4. The molecule has 160 valence electrons. The third-order valence-electron chi connectivity index (χ3n) is 3.96. The quantitative estimate of drug-likeness (QED) is 0.455. The van der Waals surface area contributed by atoms with Crippen LogP contribution >= 0.6 is 0 Å². The van der Waals surface area contributed by atoms with E-state index in [1.165, 1.54) is 0 Å². The number of nitrogens with one attached hydrogen (secondary N) is 1. The van der Waals surface area contributed by atoms with Gasteiger partial charge in [0.15, 0.2) is 0 Å². The summed E-state index contributed by atoms with van der Waals surface area (Å²) in [6, 6.07) is -0.893. The lowest BCUT2D eigenvalue weighted by molar-refractivity contribution is -0.174. The highest BCUT2D eigenvalue weighted by Crippen LogP contribution is 2.28. The Morgan fingerprint density at radius 3 is 2.07 bits per heavy atom. The maximum atomic E-state index is 12.7. The molecule has 1 fully saturated rings. The van der Waals surface area contributed by atoms with E-state index in [0.717, 1.165) is 4.90 Å². The molecule has 1 heterocycles. The fraction of sp³-hybridized carbons (Fsp3) is 0.778. The minimum atomic E-state index is -2.09. The lowest BCUT2D eigenvalue weighted by Crippen LogP contribution is -2.67. The maximum absolute atomic E-state index is 12.7. The maximum Gasteiger partial charge on any atom is 0.417 e. The molecule has 2 atom stereocenters. The number of rotatable bonds is 4. The number of carboxylic acid groups (broad SMARTS) is 1. The summed E-state index contributed by atoms with van der Waals surface area (Å²) in [6.45, 7) is 9.38. The van der Waals surface area contributed by atoms with E-state index in [1.807, 2.05) is 0 Å². The minimum absolute atomic E-state index is 0.0767. The molecule has 1 aliphatic rings. The number of aliphatic carboxylic acids is 1. The molecular formula is C18H31N3O7. The molecule has 0 radical (unpaired) electrons. The molecule has 0 bridgehead atoms. The predicted octanol–water partition coefficient (Wildman–Crippen LogP) is 0.626. The van der Waals surface area contributed by atoms with Gasteiger partial charge in [-0.3, -0.25) is 10.1 Å². The van der Waals surface area contributed by atoms with E-state index in [4.69, 9.17) is 15.2 Å². The van der Waals surface area contributed by atoms with Gasteiger partial charge in [-0.05, 0) is 54.5 Å². The molecule has 0 aromatic heterocycles. The molecule has 1 rings (SSSR count). The number of esters is 1. The smallest absolute Gasteiger partial charge is 0.417 e. The fourth-order valence-corrected chi connectivity index (χ4v) is 2.84. The molecule has 28 heavy (non-hydrogen) atoms. The van der Waals surface area contributed by atoms with Crippen LogP contribution in [0.4, 0.5) is 4.79 Å². The first-order valence-electron chi connectivity index (χ1n) is 9.10. The van der Waals surface area contributed by atoms with Gasteiger partial charge in [-0.2, -0.15) is 0 Å². The first-order chi connectivity index (χ1) is 12.6. The van der Waals surface area contributed by atoms with Crippen molar-refractivity contribution in [1.29, 1.82) is 0 Å². The lowest BCUT2D eigenvalue weighted by Gasteiger charge is -2.41. The molecule has 0 saturated carbocycles. The number of carbonyl (C=O) groups is 4. The fourth-order valence-electron chi connectivity index (χ4n) is 2.84. The van der Waals surface area contributed by atoms with Crippen LogP contribution in [0.15, 0.2) is 0 Å². The SMILES string of the molecule is CC(C)(C)OC(=O)N(C(=O)CN)[C@@H]1CCN[C@](C(=O)O)(C(=O)OC(C)(C)C)C1. The summed E-state index contributed by atoms with van der Waals surface area (Å²) in [7, 11) is 0. The van der Waals surface area contributed by atoms with Crippen LogP contribution in [0.5, 0.6) is 0 Å². The van der Waals surface area contributed by atoms with Crippen molar-refractivity contribution in [2.45, 2.75) is 77.2 Å². The van der Waals surface area contributed by atoms with Crippen LogP contribution < -0.4 is 11.1 Å². The average molecular weight is 401 g/mol. The summed E-state index contributed by atoms with van der Waals surface area (Å²) in [6.07, 6.45) is -1.05. The van der Waals surface area contributed by atoms with Gasteiger partial charge in [0, 0.05) is 12.5 Å². The summed E-state index contributed by atoms with van der Waals surface area (Å²) >= 11 is 0. The van der Waals surface area contributed by atoms with E-state index >= 15 is 0 Å². The molecule has 4 N–H and O–H groups in total. The van der Waals surface area contributed by atoms with Crippen LogP contribution in [0.2, 0.25) is 0 Å². The van der Waals surface area contributed by atoms with Gasteiger partial charge in [0.05, 0.1) is 6.54 Å². The summed E-state index contributed by atoms with van der Waals surface area (Å²) in [5.74, 6) is -3.15. The number of hydrogen-bond acceptors (Lipinski definition) is 8.